The van der Waals surface area contributed by atoms with Crippen LogP contribution < -0.4 is 0 Å². The van der Waals surface area contributed by atoms with Crippen LogP contribution >= 0.6 is 0 Å². The molecule has 802 valence electrons. The summed E-state index contributed by atoms with van der Waals surface area (Å²) < 4.78 is 78.1. The minimum Gasteiger partial charge on any atom is -0.465 e. The summed E-state index contributed by atoms with van der Waals surface area (Å²) in [6.45, 7) is 37.7. The molecule has 0 aromatic carbocycles. The second-order valence-electron chi connectivity index (χ2n) is 45.2. The fraction of sp³-hybridized carbons (Fsp3) is 0.894. The van der Waals surface area contributed by atoms with E-state index in [2.05, 4.69) is 0 Å². The van der Waals surface area contributed by atoms with Crippen molar-refractivity contribution in [3.63, 3.8) is 0 Å². The molecule has 0 N–H and O–H groups in total. The molecular formula is C113H194O26. The molecule has 6 aliphatic heterocycles. The van der Waals surface area contributed by atoms with Gasteiger partial charge in [-0.3, -0.25) is 57.5 Å². The summed E-state index contributed by atoms with van der Waals surface area (Å²) in [6, 6.07) is 0. The molecule has 22 fully saturated rings. The topological polar surface area (TPSA) is 334 Å². The average Bonchev–Trinajstić information content (AvgIpc) is 1.52. The van der Waals surface area contributed by atoms with E-state index < -0.39 is 16.2 Å². The number of hydrogen-bond acceptors (Lipinski definition) is 26. The van der Waals surface area contributed by atoms with Gasteiger partial charge in [-0.2, -0.15) is 0 Å². The number of carbonyl (C=O) groups excluding carboxylic acids is 12. The fourth-order valence-corrected chi connectivity index (χ4v) is 30.4. The summed E-state index contributed by atoms with van der Waals surface area (Å²) in [6.07, 6.45) is 16.7. The van der Waals surface area contributed by atoms with Crippen LogP contribution in [-0.2, 0) is 124 Å². The lowest BCUT2D eigenvalue weighted by Crippen LogP contribution is -2.47. The Balaban J connectivity index is 0.000000290. The predicted octanol–water partition coefficient (Wildman–Crippen LogP) is 21.2. The lowest BCUT2D eigenvalue weighted by molar-refractivity contribution is -0.176. The molecule has 0 aromatic rings. The lowest BCUT2D eigenvalue weighted by Gasteiger charge is -2.41. The van der Waals surface area contributed by atoms with Crippen LogP contribution in [0.2, 0.25) is 0 Å². The van der Waals surface area contributed by atoms with Crippen LogP contribution in [0.5, 0.6) is 0 Å². The predicted molar refractivity (Wildman–Crippen MR) is 534 cm³/mol. The van der Waals surface area contributed by atoms with Gasteiger partial charge in [0.1, 0.15) is 36.6 Å². The number of cyclic esters (lactones) is 6. The molecule has 16 bridgehead atoms. The second-order valence-corrected chi connectivity index (χ2v) is 45.2. The van der Waals surface area contributed by atoms with Gasteiger partial charge in [0.05, 0.1) is 121 Å². The van der Waals surface area contributed by atoms with Crippen molar-refractivity contribution in [3.8, 4) is 0 Å². The zero-order chi connectivity index (χ0) is 90.5. The Morgan fingerprint density at radius 3 is 0.820 bits per heavy atom. The molecule has 16 aliphatic carbocycles. The van der Waals surface area contributed by atoms with Gasteiger partial charge >= 0.3 is 71.6 Å². The molecule has 22 aliphatic rings. The number of esters is 12. The molecule has 26 nitrogen and oxygen atoms in total. The van der Waals surface area contributed by atoms with E-state index in [9.17, 15) is 57.5 Å². The van der Waals surface area contributed by atoms with E-state index in [-0.39, 0.29) is 310 Å². The molecule has 0 amide bonds. The van der Waals surface area contributed by atoms with Crippen LogP contribution in [0.1, 0.15) is 322 Å². The van der Waals surface area contributed by atoms with E-state index in [1.807, 2.05) is 118 Å². The van der Waals surface area contributed by atoms with Crippen molar-refractivity contribution in [3.05, 3.63) is 0 Å². The summed E-state index contributed by atoms with van der Waals surface area (Å²) in [5.41, 5.74) is -1.31. The Hall–Kier alpha value is -6.44. The molecule has 22 rings (SSSR count). The monoisotopic (exact) mass is 1970 g/mol. The third-order valence-corrected chi connectivity index (χ3v) is 38.5. The fourth-order valence-electron chi connectivity index (χ4n) is 30.4. The van der Waals surface area contributed by atoms with Crippen LogP contribution in [-0.4, -0.2) is 173 Å². The normalized spacial score (nSPS) is 41.2. The van der Waals surface area contributed by atoms with Crippen LogP contribution in [0.3, 0.4) is 0 Å². The van der Waals surface area contributed by atoms with Gasteiger partial charge in [-0.25, -0.2) is 0 Å². The van der Waals surface area contributed by atoms with Crippen molar-refractivity contribution in [1.82, 2.24) is 0 Å². The first-order valence-electron chi connectivity index (χ1n) is 50.0. The number of ether oxygens (including phenoxy) is 14. The van der Waals surface area contributed by atoms with Gasteiger partial charge < -0.3 is 66.3 Å². The molecular weight excluding hydrogens is 1770 g/mol. The van der Waals surface area contributed by atoms with E-state index in [1.165, 1.54) is 25.7 Å². The van der Waals surface area contributed by atoms with Crippen LogP contribution in [0.4, 0.5) is 0 Å². The minimum absolute atomic E-state index is 0. The van der Waals surface area contributed by atoms with E-state index >= 15 is 0 Å². The Labute approximate surface area is 838 Å². The third-order valence-electron chi connectivity index (χ3n) is 38.5. The highest BCUT2D eigenvalue weighted by Gasteiger charge is 2.74. The van der Waals surface area contributed by atoms with Crippen LogP contribution in [0.25, 0.3) is 0 Å². The lowest BCUT2D eigenvalue weighted by atomic mass is 9.63. The molecule has 0 spiro atoms. The molecule has 6 heterocycles. The first-order chi connectivity index (χ1) is 60.5. The average molecular weight is 1970 g/mol. The molecule has 43 atom stereocenters. The number of hydrogen-bond donors (Lipinski definition) is 0. The molecule has 0 aromatic heterocycles. The molecule has 16 saturated carbocycles. The highest BCUT2D eigenvalue weighted by Crippen LogP contribution is 2.74. The minimum atomic E-state index is -0.486. The van der Waals surface area contributed by atoms with Gasteiger partial charge in [-0.05, 0) is 254 Å². The summed E-state index contributed by atoms with van der Waals surface area (Å²) in [5, 5.41) is 0. The maximum atomic E-state index is 12.5. The van der Waals surface area contributed by atoms with E-state index in [4.69, 9.17) is 66.3 Å². The molecule has 6 saturated heterocycles. The number of carbonyl (C=O) groups is 12. The summed E-state index contributed by atoms with van der Waals surface area (Å²) >= 11 is 0. The smallest absolute Gasteiger partial charge is 0.311 e. The van der Waals surface area contributed by atoms with Crippen molar-refractivity contribution in [2.45, 2.75) is 371 Å². The van der Waals surface area contributed by atoms with Gasteiger partial charge in [0, 0.05) is 84.2 Å². The highest BCUT2D eigenvalue weighted by molar-refractivity contribution is 5.82. The highest BCUT2D eigenvalue weighted by atomic mass is 16.6. The second kappa shape index (κ2) is 47.8. The van der Waals surface area contributed by atoms with E-state index in [0.29, 0.717) is 148 Å². The molecule has 139 heavy (non-hydrogen) atoms. The van der Waals surface area contributed by atoms with Gasteiger partial charge in [0.25, 0.3) is 0 Å². The van der Waals surface area contributed by atoms with E-state index in [1.54, 1.807) is 0 Å². The van der Waals surface area contributed by atoms with Gasteiger partial charge in [-0.15, -0.1) is 0 Å². The van der Waals surface area contributed by atoms with Crippen molar-refractivity contribution in [2.24, 2.45) is 223 Å². The van der Waals surface area contributed by atoms with Crippen molar-refractivity contribution in [2.75, 3.05) is 52.9 Å². The Morgan fingerprint density at radius 1 is 0.259 bits per heavy atom. The largest absolute Gasteiger partial charge is 0.465 e. The van der Waals surface area contributed by atoms with Crippen LogP contribution in [0.15, 0.2) is 0 Å². The zero-order valence-electron chi connectivity index (χ0n) is 78.3. The zero-order valence-corrected chi connectivity index (χ0v) is 78.3. The van der Waals surface area contributed by atoms with Crippen LogP contribution in [0, 0.1) is 223 Å². The first-order valence-corrected chi connectivity index (χ1v) is 50.0. The van der Waals surface area contributed by atoms with E-state index in [0.717, 1.165) is 102 Å². The summed E-state index contributed by atoms with van der Waals surface area (Å²) in [7, 11) is 0. The standard InChI is InChI=1S/C20H28O4.C19H26O4.C17H26O5.C16H24O5.C15H22O4.C14H20O4.12CH4/c1-4-20(2,3)19(22)24-14-6-9-5-11(14)16-12-7-10(15(9)16)13-8-23-18(21)17(12)13;1-3-8(2)18(20)23-14-5-9-4-11(14)16-12-6-10(15(9)16)13-7-22-19(21)17(12)13;1-5-17(3,4)16(19)22-14-9-7-10(13(14)20-6-2)12-11(9)8-21-15(12)18;1-4-8(3)15(17)21-14-9-6-10(13(14)19-5-2)12-11(9)7-20-16(12)18;1-4-15(2,3)14(17)19-11-6-8-5-9(11)12-10(8)7-18-13(12)16;1-3-7(2)13(15)18-11-5-8-4-9(11)12-10(8)6-17-14(12)16;;;;;;;;;;;;/h9-17H,4-8H2,1-3H3;8-17H,3-7H2,1-2H3;9-14H,5-8H2,1-4H3;8-14H,4-7H2,1-3H3;8-12H,4-7H2,1-3H3;7-12H,3-6H2,1-2H3;12*1H4. The maximum absolute atomic E-state index is 12.5. The maximum Gasteiger partial charge on any atom is 0.311 e. The van der Waals surface area contributed by atoms with Gasteiger partial charge in [0.15, 0.2) is 0 Å². The first kappa shape index (κ1) is 123. The summed E-state index contributed by atoms with van der Waals surface area (Å²) in [4.78, 5) is 145. The van der Waals surface area contributed by atoms with Crippen molar-refractivity contribution in [1.29, 1.82) is 0 Å². The Morgan fingerprint density at radius 2 is 0.504 bits per heavy atom. The summed E-state index contributed by atoms with van der Waals surface area (Å²) in [5.74, 6) is 11.0. The molecule has 26 heteroatoms. The third kappa shape index (κ3) is 21.2. The SMILES string of the molecule is C.C.C.C.C.C.C.C.C.C.C.C.CCC(C)(C)C(=O)OC1CC2CC1C1C(=O)OCC21.CCC(C)(C)C(=O)OC1CC2CC1C1C3CC(C4COC(=O)C43)C21.CCC(C)C(=O)OC1CC2CC1C1C(=O)OCC21.CCC(C)C(=O)OC1CC2CC1C1C3CC(C4COC(=O)C43)C21.CCOC1C2CC(C3COC(=O)C32)C1OC(=O)C(C)(C)CC.CCOC1C2CC(C3COC(=O)C32)C1OC(=O)C(C)CC. The van der Waals surface area contributed by atoms with Gasteiger partial charge in [0.2, 0.25) is 0 Å². The quantitative estimate of drug-likeness (QED) is 0.0552. The Bertz CT molecular complexity index is 4190. The molecule has 43 unspecified atom stereocenters. The molecule has 0 radical (unpaired) electrons. The number of fused-ring (bicyclic) bond motifs is 44. The van der Waals surface area contributed by atoms with Crippen molar-refractivity contribution >= 4 is 71.6 Å². The Kier molecular flexibility index (Phi) is 42.3. The van der Waals surface area contributed by atoms with Gasteiger partial charge in [-0.1, -0.05) is 151 Å². The number of rotatable bonds is 22. The van der Waals surface area contributed by atoms with Crippen molar-refractivity contribution < 1.29 is 124 Å².